The quantitative estimate of drug-likeness (QED) is 0.782. The molecule has 2 N–H and O–H groups in total. The van der Waals surface area contributed by atoms with E-state index in [1.165, 1.54) is 0 Å². The monoisotopic (exact) mass is 237 g/mol. The van der Waals surface area contributed by atoms with Crippen LogP contribution in [-0.4, -0.2) is 33.9 Å². The zero-order valence-corrected chi connectivity index (χ0v) is 10.0. The summed E-state index contributed by atoms with van der Waals surface area (Å²) in [5.41, 5.74) is 6.08. The number of rotatable bonds is 5. The maximum absolute atomic E-state index is 12.1. The molecule has 1 heterocycles. The molecule has 0 spiro atoms. The minimum absolute atomic E-state index is 0.0583. The molecule has 0 aliphatic carbocycles. The predicted octanol–water partition coefficient (Wildman–Crippen LogP) is 1.22. The fraction of sp³-hybridized carbons (Fsp3) is 0.364. The number of thiocarbonyl (C=S) groups is 1. The third-order valence-electron chi connectivity index (χ3n) is 2.05. The molecule has 0 radical (unpaired) electrons. The van der Waals surface area contributed by atoms with Crippen LogP contribution in [0.25, 0.3) is 0 Å². The Balaban J connectivity index is 2.78. The molecule has 0 fully saturated rings. The summed E-state index contributed by atoms with van der Waals surface area (Å²) >= 11 is 4.83. The lowest BCUT2D eigenvalue weighted by Gasteiger charge is -2.21. The van der Waals surface area contributed by atoms with Crippen molar-refractivity contribution in [3.8, 4) is 0 Å². The molecule has 0 aliphatic heterocycles. The Morgan fingerprint density at radius 3 is 2.62 bits per heavy atom. The lowest BCUT2D eigenvalue weighted by molar-refractivity contribution is 0.0780. The van der Waals surface area contributed by atoms with Crippen molar-refractivity contribution in [2.75, 3.05) is 13.1 Å². The molecule has 16 heavy (non-hydrogen) atoms. The van der Waals surface area contributed by atoms with Gasteiger partial charge in [0.05, 0.1) is 11.5 Å². The van der Waals surface area contributed by atoms with Crippen LogP contribution >= 0.6 is 12.2 Å². The third kappa shape index (κ3) is 3.58. The molecule has 4 nitrogen and oxygen atoms in total. The zero-order valence-electron chi connectivity index (χ0n) is 9.22. The van der Waals surface area contributed by atoms with Gasteiger partial charge in [-0.05, 0) is 18.6 Å². The van der Waals surface area contributed by atoms with Crippen molar-refractivity contribution in [3.05, 3.63) is 30.1 Å². The van der Waals surface area contributed by atoms with Gasteiger partial charge in [0.25, 0.3) is 5.91 Å². The van der Waals surface area contributed by atoms with Gasteiger partial charge in [-0.25, -0.2) is 0 Å². The molecular formula is C11H15N3OS. The number of hydrogen-bond acceptors (Lipinski definition) is 3. The first kappa shape index (κ1) is 12.6. The first-order valence-electron chi connectivity index (χ1n) is 5.12. The van der Waals surface area contributed by atoms with Gasteiger partial charge in [0.1, 0.15) is 0 Å². The van der Waals surface area contributed by atoms with Crippen LogP contribution in [0.2, 0.25) is 0 Å². The van der Waals surface area contributed by atoms with Crippen molar-refractivity contribution in [1.82, 2.24) is 9.88 Å². The molecule has 1 aromatic rings. The number of carbonyl (C=O) groups excluding carboxylic acids is 1. The average Bonchev–Trinajstić information content (AvgIpc) is 2.28. The van der Waals surface area contributed by atoms with Gasteiger partial charge >= 0.3 is 0 Å². The van der Waals surface area contributed by atoms with E-state index in [-0.39, 0.29) is 5.91 Å². The summed E-state index contributed by atoms with van der Waals surface area (Å²) in [6.07, 6.45) is 4.07. The highest BCUT2D eigenvalue weighted by atomic mass is 32.1. The predicted molar refractivity (Wildman–Crippen MR) is 67.2 cm³/mol. The number of amides is 1. The van der Waals surface area contributed by atoms with Crippen molar-refractivity contribution >= 4 is 23.1 Å². The number of carbonyl (C=O) groups is 1. The van der Waals surface area contributed by atoms with Crippen molar-refractivity contribution in [3.63, 3.8) is 0 Å². The van der Waals surface area contributed by atoms with Crippen LogP contribution in [0.4, 0.5) is 0 Å². The van der Waals surface area contributed by atoms with Gasteiger partial charge in [-0.2, -0.15) is 0 Å². The van der Waals surface area contributed by atoms with E-state index in [0.717, 1.165) is 6.42 Å². The van der Waals surface area contributed by atoms with E-state index in [1.807, 2.05) is 6.92 Å². The van der Waals surface area contributed by atoms with Crippen LogP contribution in [0.15, 0.2) is 24.5 Å². The van der Waals surface area contributed by atoms with E-state index < -0.39 is 0 Å². The summed E-state index contributed by atoms with van der Waals surface area (Å²) in [6, 6.07) is 3.37. The van der Waals surface area contributed by atoms with Gasteiger partial charge in [0.2, 0.25) is 0 Å². The SMILES string of the molecule is CCCN(CC(N)=S)C(=O)c1ccncc1. The van der Waals surface area contributed by atoms with Crippen molar-refractivity contribution in [2.45, 2.75) is 13.3 Å². The van der Waals surface area contributed by atoms with E-state index in [4.69, 9.17) is 18.0 Å². The van der Waals surface area contributed by atoms with E-state index in [1.54, 1.807) is 29.4 Å². The van der Waals surface area contributed by atoms with Crippen LogP contribution < -0.4 is 5.73 Å². The summed E-state index contributed by atoms with van der Waals surface area (Å²) in [5, 5.41) is 0. The van der Waals surface area contributed by atoms with Gasteiger partial charge < -0.3 is 10.6 Å². The Labute approximate surface area is 100 Å². The molecule has 0 atom stereocenters. The lowest BCUT2D eigenvalue weighted by Crippen LogP contribution is -2.38. The maximum Gasteiger partial charge on any atom is 0.254 e. The zero-order chi connectivity index (χ0) is 12.0. The van der Waals surface area contributed by atoms with Crippen LogP contribution in [0.5, 0.6) is 0 Å². The minimum Gasteiger partial charge on any atom is -0.392 e. The van der Waals surface area contributed by atoms with Crippen LogP contribution in [0.3, 0.4) is 0 Å². The summed E-state index contributed by atoms with van der Waals surface area (Å²) in [4.78, 5) is 17.9. The molecule has 1 amide bonds. The molecule has 0 unspecified atom stereocenters. The summed E-state index contributed by atoms with van der Waals surface area (Å²) in [7, 11) is 0. The molecule has 86 valence electrons. The minimum atomic E-state index is -0.0583. The van der Waals surface area contributed by atoms with Crippen molar-refractivity contribution < 1.29 is 4.79 Å². The van der Waals surface area contributed by atoms with Gasteiger partial charge in [-0.15, -0.1) is 0 Å². The summed E-state index contributed by atoms with van der Waals surface area (Å²) in [6.45, 7) is 2.98. The Bertz CT molecular complexity index is 367. The average molecular weight is 237 g/mol. The van der Waals surface area contributed by atoms with Crippen molar-refractivity contribution in [1.29, 1.82) is 0 Å². The third-order valence-corrected chi connectivity index (χ3v) is 2.18. The molecule has 0 aliphatic rings. The second kappa shape index (κ2) is 6.17. The van der Waals surface area contributed by atoms with Gasteiger partial charge in [-0.1, -0.05) is 19.1 Å². The normalized spacial score (nSPS) is 9.81. The molecule has 1 rings (SSSR count). The Morgan fingerprint density at radius 1 is 1.50 bits per heavy atom. The largest absolute Gasteiger partial charge is 0.392 e. The van der Waals surface area contributed by atoms with Gasteiger partial charge in [0, 0.05) is 24.5 Å². The van der Waals surface area contributed by atoms with Crippen LogP contribution in [-0.2, 0) is 0 Å². The summed E-state index contributed by atoms with van der Waals surface area (Å²) in [5.74, 6) is -0.0583. The number of aromatic nitrogens is 1. The smallest absolute Gasteiger partial charge is 0.254 e. The topological polar surface area (TPSA) is 59.2 Å². The fourth-order valence-electron chi connectivity index (χ4n) is 1.39. The highest BCUT2D eigenvalue weighted by Gasteiger charge is 2.15. The molecule has 0 saturated heterocycles. The summed E-state index contributed by atoms with van der Waals surface area (Å²) < 4.78 is 0. The number of nitrogens with zero attached hydrogens (tertiary/aromatic N) is 2. The van der Waals surface area contributed by atoms with Crippen molar-refractivity contribution in [2.24, 2.45) is 5.73 Å². The van der Waals surface area contributed by atoms with E-state index in [9.17, 15) is 4.79 Å². The Morgan fingerprint density at radius 2 is 2.12 bits per heavy atom. The molecule has 0 aromatic carbocycles. The molecule has 0 bridgehead atoms. The van der Waals surface area contributed by atoms with Gasteiger partial charge in [0.15, 0.2) is 0 Å². The first-order chi connectivity index (χ1) is 7.65. The second-order valence-electron chi connectivity index (χ2n) is 3.43. The molecule has 5 heteroatoms. The maximum atomic E-state index is 12.1. The second-order valence-corrected chi connectivity index (χ2v) is 3.95. The lowest BCUT2D eigenvalue weighted by atomic mass is 10.2. The standard InChI is InChI=1S/C11H15N3OS/c1-2-7-14(8-10(12)16)11(15)9-3-5-13-6-4-9/h3-6H,2,7-8H2,1H3,(H2,12,16). The molecule has 0 saturated carbocycles. The highest BCUT2D eigenvalue weighted by molar-refractivity contribution is 7.80. The van der Waals surface area contributed by atoms with Crippen LogP contribution in [0.1, 0.15) is 23.7 Å². The van der Waals surface area contributed by atoms with E-state index in [0.29, 0.717) is 23.6 Å². The molecule has 1 aromatic heterocycles. The first-order valence-corrected chi connectivity index (χ1v) is 5.53. The number of hydrogen-bond donors (Lipinski definition) is 1. The van der Waals surface area contributed by atoms with Crippen LogP contribution in [0, 0.1) is 0 Å². The molecular weight excluding hydrogens is 222 g/mol. The fourth-order valence-corrected chi connectivity index (χ4v) is 1.54. The van der Waals surface area contributed by atoms with Gasteiger partial charge in [-0.3, -0.25) is 9.78 Å². The Hall–Kier alpha value is -1.49. The highest BCUT2D eigenvalue weighted by Crippen LogP contribution is 2.04. The van der Waals surface area contributed by atoms with E-state index in [2.05, 4.69) is 4.98 Å². The number of pyridine rings is 1. The Kier molecular flexibility index (Phi) is 4.85. The van der Waals surface area contributed by atoms with E-state index >= 15 is 0 Å². The number of nitrogens with two attached hydrogens (primary N) is 1.